The highest BCUT2D eigenvalue weighted by Crippen LogP contribution is 2.33. The number of halogens is 1. The van der Waals surface area contributed by atoms with E-state index in [1.165, 1.54) is 18.2 Å². The number of hydrogen-bond donors (Lipinski definition) is 3. The van der Waals surface area contributed by atoms with Gasteiger partial charge >= 0.3 is 6.09 Å². The largest absolute Gasteiger partial charge is 0.490 e. The van der Waals surface area contributed by atoms with E-state index in [1.807, 2.05) is 0 Å². The molecule has 6 amide bonds. The van der Waals surface area contributed by atoms with Gasteiger partial charge in [-0.1, -0.05) is 17.7 Å². The Kier molecular flexibility index (Phi) is 10.6. The van der Waals surface area contributed by atoms with Crippen LogP contribution in [0.4, 0.5) is 10.5 Å². The van der Waals surface area contributed by atoms with Crippen LogP contribution in [-0.4, -0.2) is 85.1 Å². The van der Waals surface area contributed by atoms with E-state index in [0.29, 0.717) is 16.5 Å². The standard InChI is InChI=1S/C30H33ClN4O10/c1-30(2,3)45-29(41)33-17-7-8-19(31)22(15-17)43-14-13-42-12-11-32-24(37)16-44-21-6-4-5-18-25(21)28(40)35(27(18)39)20-9-10-23(36)34-26(20)38/h4-8,15,20H,9-14,16H2,1-3H3,(H,32,37)(H,33,41)(H,34,36,38). The van der Waals surface area contributed by atoms with E-state index in [1.54, 1.807) is 39.0 Å². The number of hydrogen-bond acceptors (Lipinski definition) is 10. The number of carbonyl (C=O) groups is 6. The SMILES string of the molecule is CC(C)(C)OC(=O)Nc1ccc(Cl)c(OCCOCCNC(=O)COc2cccc3c2C(=O)N(C2CCC(=O)NC2=O)C3=O)c1. The van der Waals surface area contributed by atoms with Crippen molar-refractivity contribution in [3.63, 3.8) is 0 Å². The molecule has 2 heterocycles. The minimum atomic E-state index is -1.11. The summed E-state index contributed by atoms with van der Waals surface area (Å²) in [6.45, 7) is 5.48. The molecule has 2 aliphatic heterocycles. The molecule has 3 N–H and O–H groups in total. The Morgan fingerprint density at radius 2 is 1.78 bits per heavy atom. The normalized spacial score (nSPS) is 16.2. The maximum absolute atomic E-state index is 13.1. The second-order valence-corrected chi connectivity index (χ2v) is 11.4. The van der Waals surface area contributed by atoms with Gasteiger partial charge in [-0.3, -0.25) is 39.5 Å². The maximum atomic E-state index is 13.1. The highest BCUT2D eigenvalue weighted by atomic mass is 35.5. The van der Waals surface area contributed by atoms with E-state index in [0.717, 1.165) is 4.90 Å². The molecular weight excluding hydrogens is 612 g/mol. The van der Waals surface area contributed by atoms with Gasteiger partial charge in [0, 0.05) is 24.7 Å². The van der Waals surface area contributed by atoms with Crippen molar-refractivity contribution in [2.75, 3.05) is 38.3 Å². The molecule has 15 heteroatoms. The summed E-state index contributed by atoms with van der Waals surface area (Å²) in [5.74, 6) is -2.73. The fourth-order valence-electron chi connectivity index (χ4n) is 4.49. The van der Waals surface area contributed by atoms with Crippen LogP contribution in [0.15, 0.2) is 36.4 Å². The van der Waals surface area contributed by atoms with Crippen LogP contribution in [0.1, 0.15) is 54.3 Å². The van der Waals surface area contributed by atoms with E-state index < -0.39 is 53.9 Å². The molecule has 0 aromatic heterocycles. The zero-order valence-corrected chi connectivity index (χ0v) is 25.7. The Morgan fingerprint density at radius 1 is 1.00 bits per heavy atom. The molecule has 2 aliphatic rings. The molecule has 1 unspecified atom stereocenters. The smallest absolute Gasteiger partial charge is 0.412 e. The molecule has 1 atom stereocenters. The Bertz CT molecular complexity index is 1510. The van der Waals surface area contributed by atoms with Crippen molar-refractivity contribution in [1.82, 2.24) is 15.5 Å². The van der Waals surface area contributed by atoms with Crippen LogP contribution >= 0.6 is 11.6 Å². The molecule has 2 aromatic rings. The Hall–Kier alpha value is -4.69. The van der Waals surface area contributed by atoms with Crippen LogP contribution in [0.25, 0.3) is 0 Å². The van der Waals surface area contributed by atoms with E-state index in [4.69, 9.17) is 30.5 Å². The lowest BCUT2D eigenvalue weighted by atomic mass is 10.0. The lowest BCUT2D eigenvalue weighted by Gasteiger charge is -2.27. The van der Waals surface area contributed by atoms with Crippen LogP contribution in [-0.2, 0) is 23.9 Å². The lowest BCUT2D eigenvalue weighted by Crippen LogP contribution is -2.54. The molecule has 1 fully saturated rings. The third-order valence-electron chi connectivity index (χ3n) is 6.42. The number of anilines is 1. The molecule has 2 aromatic carbocycles. The number of carbonyl (C=O) groups excluding carboxylic acids is 6. The summed E-state index contributed by atoms with van der Waals surface area (Å²) in [4.78, 5) is 74.9. The molecule has 0 aliphatic carbocycles. The molecule has 0 spiro atoms. The van der Waals surface area contributed by atoms with Gasteiger partial charge in [0.15, 0.2) is 6.61 Å². The number of amides is 6. The summed E-state index contributed by atoms with van der Waals surface area (Å²) in [5, 5.41) is 7.71. The zero-order valence-electron chi connectivity index (χ0n) is 24.9. The minimum absolute atomic E-state index is 0.00138. The molecular formula is C30H33ClN4O10. The minimum Gasteiger partial charge on any atom is -0.490 e. The average molecular weight is 645 g/mol. The van der Waals surface area contributed by atoms with Crippen LogP contribution < -0.4 is 25.4 Å². The third-order valence-corrected chi connectivity index (χ3v) is 6.73. The van der Waals surface area contributed by atoms with E-state index >= 15 is 0 Å². The van der Waals surface area contributed by atoms with Gasteiger partial charge in [0.1, 0.15) is 29.7 Å². The summed E-state index contributed by atoms with van der Waals surface area (Å²) in [7, 11) is 0. The molecule has 1 saturated heterocycles. The summed E-state index contributed by atoms with van der Waals surface area (Å²) in [6, 6.07) is 8.02. The van der Waals surface area contributed by atoms with Crippen LogP contribution in [0, 0.1) is 0 Å². The van der Waals surface area contributed by atoms with Crippen molar-refractivity contribution in [3.8, 4) is 11.5 Å². The molecule has 0 bridgehead atoms. The van der Waals surface area contributed by atoms with Crippen LogP contribution in [0.2, 0.25) is 5.02 Å². The number of imide groups is 2. The van der Waals surface area contributed by atoms with Crippen molar-refractivity contribution in [1.29, 1.82) is 0 Å². The molecule has 0 saturated carbocycles. The highest BCUT2D eigenvalue weighted by Gasteiger charge is 2.46. The van der Waals surface area contributed by atoms with Crippen molar-refractivity contribution in [2.45, 2.75) is 45.3 Å². The second kappa shape index (κ2) is 14.4. The van der Waals surface area contributed by atoms with Gasteiger partial charge in [0.25, 0.3) is 17.7 Å². The predicted octanol–water partition coefficient (Wildman–Crippen LogP) is 2.68. The topological polar surface area (TPSA) is 179 Å². The summed E-state index contributed by atoms with van der Waals surface area (Å²) < 4.78 is 21.9. The van der Waals surface area contributed by atoms with Gasteiger partial charge in [0.2, 0.25) is 11.8 Å². The number of fused-ring (bicyclic) bond motifs is 1. The molecule has 4 rings (SSSR count). The lowest BCUT2D eigenvalue weighted by molar-refractivity contribution is -0.136. The predicted molar refractivity (Wildman–Crippen MR) is 159 cm³/mol. The number of nitrogens with one attached hydrogen (secondary N) is 3. The van der Waals surface area contributed by atoms with Gasteiger partial charge in [-0.05, 0) is 51.5 Å². The van der Waals surface area contributed by atoms with Crippen LogP contribution in [0.5, 0.6) is 11.5 Å². The second-order valence-electron chi connectivity index (χ2n) is 11.0. The third kappa shape index (κ3) is 8.70. The highest BCUT2D eigenvalue weighted by molar-refractivity contribution is 6.32. The van der Waals surface area contributed by atoms with Gasteiger partial charge in [0.05, 0.1) is 29.4 Å². The number of piperidine rings is 1. The van der Waals surface area contributed by atoms with Crippen LogP contribution in [0.3, 0.4) is 0 Å². The summed E-state index contributed by atoms with van der Waals surface area (Å²) >= 11 is 6.18. The van der Waals surface area contributed by atoms with Crippen molar-refractivity contribution < 1.29 is 47.7 Å². The first-order valence-corrected chi connectivity index (χ1v) is 14.5. The maximum Gasteiger partial charge on any atom is 0.412 e. The van der Waals surface area contributed by atoms with E-state index in [9.17, 15) is 28.8 Å². The fraction of sp³-hybridized carbons (Fsp3) is 0.400. The molecule has 0 radical (unpaired) electrons. The first kappa shape index (κ1) is 33.2. The van der Waals surface area contributed by atoms with Gasteiger partial charge < -0.3 is 24.3 Å². The van der Waals surface area contributed by atoms with Crippen molar-refractivity contribution in [2.24, 2.45) is 0 Å². The van der Waals surface area contributed by atoms with Crippen molar-refractivity contribution >= 4 is 52.9 Å². The van der Waals surface area contributed by atoms with Gasteiger partial charge in [-0.2, -0.15) is 0 Å². The molecule has 14 nitrogen and oxygen atoms in total. The van der Waals surface area contributed by atoms with Crippen molar-refractivity contribution in [3.05, 3.63) is 52.5 Å². The number of benzene rings is 2. The Morgan fingerprint density at radius 3 is 2.51 bits per heavy atom. The first-order chi connectivity index (χ1) is 21.3. The fourth-order valence-corrected chi connectivity index (χ4v) is 4.66. The zero-order chi connectivity index (χ0) is 32.7. The van der Waals surface area contributed by atoms with Gasteiger partial charge in [-0.15, -0.1) is 0 Å². The average Bonchev–Trinajstić information content (AvgIpc) is 3.21. The first-order valence-electron chi connectivity index (χ1n) is 14.1. The monoisotopic (exact) mass is 644 g/mol. The summed E-state index contributed by atoms with van der Waals surface area (Å²) in [6.07, 6.45) is -0.585. The number of nitrogens with zero attached hydrogens (tertiary/aromatic N) is 1. The van der Waals surface area contributed by atoms with E-state index in [-0.39, 0.29) is 56.1 Å². The number of ether oxygens (including phenoxy) is 4. The van der Waals surface area contributed by atoms with Gasteiger partial charge in [-0.25, -0.2) is 4.79 Å². The summed E-state index contributed by atoms with van der Waals surface area (Å²) in [5.41, 5.74) is -0.203. The Labute approximate surface area is 263 Å². The Balaban J connectivity index is 1.17. The molecule has 240 valence electrons. The molecule has 45 heavy (non-hydrogen) atoms. The quantitative estimate of drug-likeness (QED) is 0.230. The number of rotatable bonds is 12. The van der Waals surface area contributed by atoms with E-state index in [2.05, 4.69) is 16.0 Å².